The summed E-state index contributed by atoms with van der Waals surface area (Å²) in [6.07, 6.45) is 0. The molecule has 2 heterocycles. The highest BCUT2D eigenvalue weighted by molar-refractivity contribution is 9.10. The first-order valence-electron chi connectivity index (χ1n) is 5.79. The number of benzene rings is 1. The van der Waals surface area contributed by atoms with Gasteiger partial charge in [0.15, 0.2) is 11.5 Å². The van der Waals surface area contributed by atoms with Crippen molar-refractivity contribution in [3.8, 4) is 11.5 Å². The monoisotopic (exact) mass is 359 g/mol. The smallest absolute Gasteiger partial charge is 0.163 e. The van der Waals surface area contributed by atoms with Crippen molar-refractivity contribution in [1.82, 2.24) is 0 Å². The number of hydrogen-bond donors (Lipinski definition) is 1. The molecule has 0 bridgehead atoms. The van der Waals surface area contributed by atoms with Gasteiger partial charge in [-0.3, -0.25) is 0 Å². The van der Waals surface area contributed by atoms with Gasteiger partial charge in [-0.2, -0.15) is 0 Å². The number of halogens is 2. The lowest BCUT2D eigenvalue weighted by atomic mass is 10.2. The first-order valence-corrected chi connectivity index (χ1v) is 7.78. The molecule has 1 aliphatic rings. The number of thiophene rings is 1. The average Bonchev–Trinajstić information content (AvgIpc) is 2.75. The lowest BCUT2D eigenvalue weighted by molar-refractivity contribution is 0.171. The van der Waals surface area contributed by atoms with Gasteiger partial charge >= 0.3 is 0 Å². The van der Waals surface area contributed by atoms with Crippen molar-refractivity contribution in [3.05, 3.63) is 38.0 Å². The van der Waals surface area contributed by atoms with Crippen molar-refractivity contribution >= 4 is 44.6 Å². The predicted molar refractivity (Wildman–Crippen MR) is 81.8 cm³/mol. The molecule has 0 radical (unpaired) electrons. The molecule has 100 valence electrons. The Morgan fingerprint density at radius 2 is 2.00 bits per heavy atom. The molecule has 19 heavy (non-hydrogen) atoms. The van der Waals surface area contributed by atoms with Gasteiger partial charge in [0, 0.05) is 27.6 Å². The third-order valence-corrected chi connectivity index (χ3v) is 5.18. The Bertz CT molecular complexity index is 583. The van der Waals surface area contributed by atoms with Gasteiger partial charge in [0.25, 0.3) is 0 Å². The summed E-state index contributed by atoms with van der Waals surface area (Å²) in [6, 6.07) is 7.89. The Morgan fingerprint density at radius 1 is 1.21 bits per heavy atom. The van der Waals surface area contributed by atoms with Gasteiger partial charge in [0.1, 0.15) is 17.6 Å². The van der Waals surface area contributed by atoms with E-state index >= 15 is 0 Å². The van der Waals surface area contributed by atoms with Gasteiger partial charge in [-0.25, -0.2) is 0 Å². The van der Waals surface area contributed by atoms with Gasteiger partial charge < -0.3 is 14.8 Å². The summed E-state index contributed by atoms with van der Waals surface area (Å²) >= 11 is 11.0. The molecule has 1 aliphatic heterocycles. The molecule has 1 aromatic carbocycles. The molecular formula is C13H11BrClNO2S. The number of hydrogen-bond acceptors (Lipinski definition) is 4. The number of anilines is 1. The van der Waals surface area contributed by atoms with Crippen molar-refractivity contribution in [2.45, 2.75) is 6.54 Å². The van der Waals surface area contributed by atoms with Crippen LogP contribution in [-0.4, -0.2) is 13.2 Å². The fraction of sp³-hybridized carbons (Fsp3) is 0.231. The maximum Gasteiger partial charge on any atom is 0.163 e. The third-order valence-electron chi connectivity index (χ3n) is 2.71. The molecule has 0 saturated carbocycles. The summed E-state index contributed by atoms with van der Waals surface area (Å²) < 4.78 is 12.8. The lowest BCUT2D eigenvalue weighted by Crippen LogP contribution is -2.15. The Balaban J connectivity index is 1.70. The fourth-order valence-electron chi connectivity index (χ4n) is 1.82. The normalized spacial score (nSPS) is 13.4. The van der Waals surface area contributed by atoms with E-state index in [1.807, 2.05) is 24.3 Å². The molecule has 0 unspecified atom stereocenters. The van der Waals surface area contributed by atoms with Crippen LogP contribution in [0.4, 0.5) is 5.69 Å². The minimum atomic E-state index is 0.601. The summed E-state index contributed by atoms with van der Waals surface area (Å²) in [5.41, 5.74) is 1.00. The SMILES string of the molecule is Clc1sc(CNc2ccc3c(c2)OCCO3)cc1Br. The standard InChI is InChI=1S/C13H11BrClNO2S/c14-10-6-9(19-13(10)15)7-16-8-1-2-11-12(5-8)18-4-3-17-11/h1-2,5-6,16H,3-4,7H2. The highest BCUT2D eigenvalue weighted by atomic mass is 79.9. The van der Waals surface area contributed by atoms with Crippen LogP contribution in [0.2, 0.25) is 4.34 Å². The number of ether oxygens (including phenoxy) is 2. The zero-order valence-electron chi connectivity index (χ0n) is 9.91. The van der Waals surface area contributed by atoms with Crippen LogP contribution in [0.15, 0.2) is 28.7 Å². The van der Waals surface area contributed by atoms with Crippen LogP contribution < -0.4 is 14.8 Å². The van der Waals surface area contributed by atoms with E-state index in [9.17, 15) is 0 Å². The van der Waals surface area contributed by atoms with Crippen molar-refractivity contribution in [3.63, 3.8) is 0 Å². The second-order valence-electron chi connectivity index (χ2n) is 4.05. The van der Waals surface area contributed by atoms with Crippen molar-refractivity contribution < 1.29 is 9.47 Å². The van der Waals surface area contributed by atoms with Crippen LogP contribution in [0.25, 0.3) is 0 Å². The molecule has 0 atom stereocenters. The quantitative estimate of drug-likeness (QED) is 0.871. The topological polar surface area (TPSA) is 30.5 Å². The van der Waals surface area contributed by atoms with E-state index in [-0.39, 0.29) is 0 Å². The lowest BCUT2D eigenvalue weighted by Gasteiger charge is -2.19. The molecule has 3 nitrogen and oxygen atoms in total. The number of nitrogens with one attached hydrogen (secondary N) is 1. The van der Waals surface area contributed by atoms with Gasteiger partial charge in [0.05, 0.1) is 0 Å². The minimum Gasteiger partial charge on any atom is -0.486 e. The van der Waals surface area contributed by atoms with E-state index in [4.69, 9.17) is 21.1 Å². The molecule has 2 aromatic rings. The number of fused-ring (bicyclic) bond motifs is 1. The number of rotatable bonds is 3. The third kappa shape index (κ3) is 2.99. The fourth-order valence-corrected chi connectivity index (χ4v) is 3.55. The Hall–Kier alpha value is -0.910. The first-order chi connectivity index (χ1) is 9.22. The first kappa shape index (κ1) is 13.1. The van der Waals surface area contributed by atoms with Crippen LogP contribution in [0.1, 0.15) is 4.88 Å². The Labute approximate surface area is 128 Å². The summed E-state index contributed by atoms with van der Waals surface area (Å²) in [4.78, 5) is 1.17. The molecule has 0 saturated heterocycles. The maximum absolute atomic E-state index is 6.01. The van der Waals surface area contributed by atoms with E-state index in [0.29, 0.717) is 13.2 Å². The summed E-state index contributed by atoms with van der Waals surface area (Å²) in [7, 11) is 0. The van der Waals surface area contributed by atoms with Gasteiger partial charge in [-0.1, -0.05) is 11.6 Å². The highest BCUT2D eigenvalue weighted by Gasteiger charge is 2.11. The van der Waals surface area contributed by atoms with E-state index in [1.165, 1.54) is 4.88 Å². The minimum absolute atomic E-state index is 0.601. The van der Waals surface area contributed by atoms with Crippen molar-refractivity contribution in [2.75, 3.05) is 18.5 Å². The van der Waals surface area contributed by atoms with Crippen LogP contribution in [0, 0.1) is 0 Å². The van der Waals surface area contributed by atoms with E-state index in [0.717, 1.165) is 32.5 Å². The van der Waals surface area contributed by atoms with Gasteiger partial charge in [0.2, 0.25) is 0 Å². The predicted octanol–water partition coefficient (Wildman–Crippen LogP) is 4.55. The molecule has 0 fully saturated rings. The zero-order chi connectivity index (χ0) is 13.2. The molecule has 3 rings (SSSR count). The van der Waals surface area contributed by atoms with Crippen LogP contribution in [0.3, 0.4) is 0 Å². The van der Waals surface area contributed by atoms with E-state index in [1.54, 1.807) is 11.3 Å². The summed E-state index contributed by atoms with van der Waals surface area (Å²) in [5.74, 6) is 1.60. The zero-order valence-corrected chi connectivity index (χ0v) is 13.1. The highest BCUT2D eigenvalue weighted by Crippen LogP contribution is 2.34. The van der Waals surface area contributed by atoms with Crippen LogP contribution >= 0.6 is 38.9 Å². The Morgan fingerprint density at radius 3 is 2.74 bits per heavy atom. The second kappa shape index (κ2) is 5.61. The largest absolute Gasteiger partial charge is 0.486 e. The summed E-state index contributed by atoms with van der Waals surface area (Å²) in [5, 5.41) is 3.35. The maximum atomic E-state index is 6.01. The van der Waals surface area contributed by atoms with Gasteiger partial charge in [-0.15, -0.1) is 11.3 Å². The van der Waals surface area contributed by atoms with E-state index in [2.05, 4.69) is 21.2 Å². The van der Waals surface area contributed by atoms with E-state index < -0.39 is 0 Å². The van der Waals surface area contributed by atoms with Gasteiger partial charge in [-0.05, 0) is 34.1 Å². The summed E-state index contributed by atoms with van der Waals surface area (Å²) in [6.45, 7) is 1.95. The molecular weight excluding hydrogens is 350 g/mol. The molecule has 6 heteroatoms. The van der Waals surface area contributed by atoms with Crippen LogP contribution in [0.5, 0.6) is 11.5 Å². The molecule has 1 N–H and O–H groups in total. The Kier molecular flexibility index (Phi) is 3.86. The molecule has 0 amide bonds. The molecule has 0 aliphatic carbocycles. The molecule has 1 aromatic heterocycles. The van der Waals surface area contributed by atoms with Crippen LogP contribution in [-0.2, 0) is 6.54 Å². The molecule has 0 spiro atoms. The average molecular weight is 361 g/mol. The van der Waals surface area contributed by atoms with Crippen molar-refractivity contribution in [1.29, 1.82) is 0 Å². The second-order valence-corrected chi connectivity index (χ2v) is 6.64. The van der Waals surface area contributed by atoms with Crippen molar-refractivity contribution in [2.24, 2.45) is 0 Å².